The van der Waals surface area contributed by atoms with Crippen molar-refractivity contribution in [2.75, 3.05) is 5.32 Å². The molecule has 0 aliphatic carbocycles. The molecule has 0 saturated carbocycles. The molecule has 1 atom stereocenters. The quantitative estimate of drug-likeness (QED) is 0.571. The number of benzene rings is 1. The smallest absolute Gasteiger partial charge is 0.297 e. The van der Waals surface area contributed by atoms with Gasteiger partial charge in [-0.3, -0.25) is 4.79 Å². The minimum atomic E-state index is -0.328. The van der Waals surface area contributed by atoms with Crippen molar-refractivity contribution in [2.45, 2.75) is 19.9 Å². The summed E-state index contributed by atoms with van der Waals surface area (Å²) in [5.41, 5.74) is 1.94. The molecule has 0 fully saturated rings. The van der Waals surface area contributed by atoms with Crippen LogP contribution in [0.3, 0.4) is 0 Å². The lowest BCUT2D eigenvalue weighted by molar-refractivity contribution is 0.561. The standard InChI is InChI=1S/C17H15ClN6O2/c1-9-7-19-23-24(9)15-8-26-17(22-15)20-10(2)13-6-11-5-12(18)3-4-14(11)21-16(13)25/h3-8,10H,1-2H3,(H,20,22)(H,21,25)/t10-/m1/s1. The number of hydrogen-bond acceptors (Lipinski definition) is 6. The minimum absolute atomic E-state index is 0.182. The van der Waals surface area contributed by atoms with Crippen molar-refractivity contribution in [3.63, 3.8) is 0 Å². The molecule has 0 aliphatic rings. The van der Waals surface area contributed by atoms with Crippen molar-refractivity contribution in [1.29, 1.82) is 0 Å². The van der Waals surface area contributed by atoms with E-state index < -0.39 is 0 Å². The number of aromatic nitrogens is 5. The molecule has 2 N–H and O–H groups in total. The largest absolute Gasteiger partial charge is 0.430 e. The van der Waals surface area contributed by atoms with E-state index in [0.717, 1.165) is 16.6 Å². The second-order valence-electron chi connectivity index (χ2n) is 5.95. The third-order valence-electron chi connectivity index (χ3n) is 4.07. The van der Waals surface area contributed by atoms with Crippen molar-refractivity contribution < 1.29 is 4.42 Å². The van der Waals surface area contributed by atoms with E-state index >= 15 is 0 Å². The van der Waals surface area contributed by atoms with Crippen LogP contribution in [0.15, 0.2) is 45.9 Å². The molecule has 132 valence electrons. The Balaban J connectivity index is 1.62. The maximum Gasteiger partial charge on any atom is 0.297 e. The second kappa shape index (κ2) is 6.30. The van der Waals surface area contributed by atoms with Gasteiger partial charge in [-0.05, 0) is 38.1 Å². The number of nitrogens with zero attached hydrogens (tertiary/aromatic N) is 4. The van der Waals surface area contributed by atoms with Crippen LogP contribution in [0.25, 0.3) is 16.7 Å². The Morgan fingerprint density at radius 2 is 2.19 bits per heavy atom. The van der Waals surface area contributed by atoms with Crippen LogP contribution in [0.5, 0.6) is 0 Å². The minimum Gasteiger partial charge on any atom is -0.430 e. The molecule has 0 bridgehead atoms. The van der Waals surface area contributed by atoms with Crippen molar-refractivity contribution in [2.24, 2.45) is 0 Å². The van der Waals surface area contributed by atoms with E-state index in [4.69, 9.17) is 16.0 Å². The van der Waals surface area contributed by atoms with Gasteiger partial charge in [0.25, 0.3) is 11.6 Å². The molecular formula is C17H15ClN6O2. The summed E-state index contributed by atoms with van der Waals surface area (Å²) in [7, 11) is 0. The van der Waals surface area contributed by atoms with E-state index in [1.54, 1.807) is 29.1 Å². The first-order valence-electron chi connectivity index (χ1n) is 7.93. The zero-order valence-corrected chi connectivity index (χ0v) is 14.8. The monoisotopic (exact) mass is 370 g/mol. The van der Waals surface area contributed by atoms with E-state index in [2.05, 4.69) is 25.6 Å². The number of hydrogen-bond donors (Lipinski definition) is 2. The lowest BCUT2D eigenvalue weighted by Gasteiger charge is -2.12. The molecule has 4 rings (SSSR count). The first-order valence-corrected chi connectivity index (χ1v) is 8.31. The number of aryl methyl sites for hydroxylation is 1. The number of fused-ring (bicyclic) bond motifs is 1. The molecule has 3 aromatic heterocycles. The summed E-state index contributed by atoms with van der Waals surface area (Å²) in [5.74, 6) is 0.508. The Morgan fingerprint density at radius 3 is 2.96 bits per heavy atom. The second-order valence-corrected chi connectivity index (χ2v) is 6.39. The molecular weight excluding hydrogens is 356 g/mol. The van der Waals surface area contributed by atoms with Crippen LogP contribution in [0.1, 0.15) is 24.2 Å². The fourth-order valence-electron chi connectivity index (χ4n) is 2.72. The van der Waals surface area contributed by atoms with E-state index in [1.807, 2.05) is 19.9 Å². The molecule has 4 aromatic rings. The predicted molar refractivity (Wildman–Crippen MR) is 97.8 cm³/mol. The average Bonchev–Trinajstić information content (AvgIpc) is 3.23. The van der Waals surface area contributed by atoms with Gasteiger partial charge < -0.3 is 14.7 Å². The highest BCUT2D eigenvalue weighted by Crippen LogP contribution is 2.22. The number of H-pyrrole nitrogens is 1. The van der Waals surface area contributed by atoms with Crippen LogP contribution in [-0.2, 0) is 0 Å². The van der Waals surface area contributed by atoms with E-state index in [-0.39, 0.29) is 17.6 Å². The summed E-state index contributed by atoms with van der Waals surface area (Å²) in [6.07, 6.45) is 3.10. The molecule has 8 nitrogen and oxygen atoms in total. The first kappa shape index (κ1) is 16.3. The molecule has 0 aliphatic heterocycles. The average molecular weight is 371 g/mol. The van der Waals surface area contributed by atoms with Crippen LogP contribution in [-0.4, -0.2) is 25.0 Å². The lowest BCUT2D eigenvalue weighted by atomic mass is 10.1. The van der Waals surface area contributed by atoms with Crippen LogP contribution in [0.2, 0.25) is 5.02 Å². The summed E-state index contributed by atoms with van der Waals surface area (Å²) in [4.78, 5) is 19.6. The summed E-state index contributed by atoms with van der Waals surface area (Å²) in [5, 5.41) is 12.3. The third-order valence-corrected chi connectivity index (χ3v) is 4.31. The maximum absolute atomic E-state index is 12.4. The number of oxazole rings is 1. The number of aromatic amines is 1. The third kappa shape index (κ3) is 2.95. The highest BCUT2D eigenvalue weighted by atomic mass is 35.5. The van der Waals surface area contributed by atoms with Gasteiger partial charge in [0.1, 0.15) is 6.26 Å². The number of pyridine rings is 1. The Kier molecular flexibility index (Phi) is 3.96. The molecule has 0 radical (unpaired) electrons. The Labute approximate surface area is 152 Å². The Bertz CT molecular complexity index is 1150. The van der Waals surface area contributed by atoms with Gasteiger partial charge in [0, 0.05) is 21.5 Å². The van der Waals surface area contributed by atoms with Gasteiger partial charge in [0.05, 0.1) is 17.9 Å². The SMILES string of the molecule is Cc1cnnn1-c1coc(N[C@H](C)c2cc3cc(Cl)ccc3[nH]c2=O)n1. The van der Waals surface area contributed by atoms with Crippen LogP contribution in [0, 0.1) is 6.92 Å². The maximum atomic E-state index is 12.4. The van der Waals surface area contributed by atoms with E-state index in [1.165, 1.54) is 6.26 Å². The van der Waals surface area contributed by atoms with Crippen LogP contribution < -0.4 is 10.9 Å². The zero-order chi connectivity index (χ0) is 18.3. The number of nitrogens with one attached hydrogen (secondary N) is 2. The van der Waals surface area contributed by atoms with Crippen LogP contribution in [0.4, 0.5) is 6.01 Å². The topological polar surface area (TPSA) is 102 Å². The predicted octanol–water partition coefficient (Wildman–Crippen LogP) is 3.23. The van der Waals surface area contributed by atoms with Crippen molar-refractivity contribution in [1.82, 2.24) is 25.0 Å². The molecule has 9 heteroatoms. The normalized spacial score (nSPS) is 12.4. The van der Waals surface area contributed by atoms with Gasteiger partial charge in [-0.15, -0.1) is 5.10 Å². The number of halogens is 1. The number of anilines is 1. The Morgan fingerprint density at radius 1 is 1.35 bits per heavy atom. The van der Waals surface area contributed by atoms with Crippen LogP contribution >= 0.6 is 11.6 Å². The van der Waals surface area contributed by atoms with Gasteiger partial charge in [0.15, 0.2) is 5.82 Å². The molecule has 26 heavy (non-hydrogen) atoms. The fourth-order valence-corrected chi connectivity index (χ4v) is 2.90. The zero-order valence-electron chi connectivity index (χ0n) is 14.0. The summed E-state index contributed by atoms with van der Waals surface area (Å²) in [6, 6.07) is 7.09. The summed E-state index contributed by atoms with van der Waals surface area (Å²) < 4.78 is 7.00. The van der Waals surface area contributed by atoms with Gasteiger partial charge in [0.2, 0.25) is 0 Å². The summed E-state index contributed by atoms with van der Waals surface area (Å²) in [6.45, 7) is 3.72. The molecule has 0 amide bonds. The van der Waals surface area contributed by atoms with Crippen molar-refractivity contribution in [3.8, 4) is 5.82 Å². The number of rotatable bonds is 4. The van der Waals surface area contributed by atoms with Crippen molar-refractivity contribution in [3.05, 3.63) is 63.4 Å². The van der Waals surface area contributed by atoms with E-state index in [9.17, 15) is 4.79 Å². The Hall–Kier alpha value is -3.13. The first-order chi connectivity index (χ1) is 12.5. The molecule has 0 saturated heterocycles. The van der Waals surface area contributed by atoms with Gasteiger partial charge >= 0.3 is 0 Å². The van der Waals surface area contributed by atoms with Gasteiger partial charge in [-0.1, -0.05) is 16.8 Å². The highest BCUT2D eigenvalue weighted by Gasteiger charge is 2.15. The molecule has 0 spiro atoms. The van der Waals surface area contributed by atoms with Gasteiger partial charge in [-0.25, -0.2) is 0 Å². The lowest BCUT2D eigenvalue weighted by Crippen LogP contribution is -2.19. The summed E-state index contributed by atoms with van der Waals surface area (Å²) >= 11 is 6.04. The van der Waals surface area contributed by atoms with Gasteiger partial charge in [-0.2, -0.15) is 9.67 Å². The molecule has 1 aromatic carbocycles. The fraction of sp³-hybridized carbons (Fsp3) is 0.176. The molecule has 3 heterocycles. The molecule has 0 unspecified atom stereocenters. The highest BCUT2D eigenvalue weighted by molar-refractivity contribution is 6.31. The van der Waals surface area contributed by atoms with Crippen molar-refractivity contribution >= 4 is 28.5 Å². The van der Waals surface area contributed by atoms with E-state index in [0.29, 0.717) is 16.4 Å².